The molecule has 0 saturated carbocycles. The van der Waals surface area contributed by atoms with E-state index in [2.05, 4.69) is 73.8 Å². The van der Waals surface area contributed by atoms with Crippen LogP contribution in [-0.2, 0) is 42.7 Å². The molecule has 2 fully saturated rings. The van der Waals surface area contributed by atoms with Crippen LogP contribution >= 0.6 is 43.2 Å². The second-order valence-electron chi connectivity index (χ2n) is 25.6. The van der Waals surface area contributed by atoms with Crippen LogP contribution in [0.4, 0.5) is 0 Å². The molecule has 1 aromatic heterocycles. The first-order chi connectivity index (χ1) is 42.2. The number of piperidine rings is 1. The van der Waals surface area contributed by atoms with Gasteiger partial charge in [0, 0.05) is 85.0 Å². The van der Waals surface area contributed by atoms with Gasteiger partial charge in [0.25, 0.3) is 0 Å². The predicted octanol–water partition coefficient (Wildman–Crippen LogP) is 12.4. The van der Waals surface area contributed by atoms with E-state index < -0.39 is 35.4 Å². The van der Waals surface area contributed by atoms with Crippen molar-refractivity contribution >= 4 is 70.7 Å². The molecule has 6 aliphatic rings. The van der Waals surface area contributed by atoms with E-state index in [-0.39, 0.29) is 119 Å². The molecule has 10 atom stereocenters. The number of aliphatic hydroxyl groups excluding tert-OH is 5. The zero-order valence-corrected chi connectivity index (χ0v) is 52.4. The second-order valence-corrected chi connectivity index (χ2v) is 30.8. The first-order valence-corrected chi connectivity index (χ1v) is 35.9. The number of aromatic hydroxyl groups is 3. The molecule has 17 heteroatoms. The van der Waals surface area contributed by atoms with Crippen LogP contribution in [0.3, 0.4) is 0 Å². The highest BCUT2D eigenvalue weighted by Crippen LogP contribution is 2.61. The summed E-state index contributed by atoms with van der Waals surface area (Å²) in [6.07, 6.45) is 3.89. The maximum atomic E-state index is 15.7. The Morgan fingerprint density at radius 2 is 1.66 bits per heavy atom. The molecule has 5 heterocycles. The molecule has 0 spiro atoms. The lowest BCUT2D eigenvalue weighted by Gasteiger charge is -2.43. The molecule has 5 bridgehead atoms. The summed E-state index contributed by atoms with van der Waals surface area (Å²) in [4.78, 5) is 28.2. The van der Waals surface area contributed by atoms with Gasteiger partial charge in [-0.3, -0.25) is 9.59 Å². The average Bonchev–Trinajstić information content (AvgIpc) is 0.855. The van der Waals surface area contributed by atoms with Gasteiger partial charge in [-0.15, -0.1) is 0 Å². The summed E-state index contributed by atoms with van der Waals surface area (Å²) in [5, 5.41) is 99.0. The van der Waals surface area contributed by atoms with Crippen LogP contribution in [-0.4, -0.2) is 102 Å². The number of ether oxygens (including phenoxy) is 1. The molecule has 87 heavy (non-hydrogen) atoms. The molecule has 458 valence electrons. The zero-order valence-electron chi connectivity index (χ0n) is 49.1. The standard InChI is InChI=1S/C70H77NO12S4/c1-35(2)21-43-29-49(52-34-85-86-57-27-39(23-36-7-3-8-37(22-36)25-44(75)15-18-73)33-71-63(57)42-10-4-9-38(24-42)26-48(52)64(43)78)68-67(81)66(80)62-56(83-68)32-54(77)60-50-30-47-45(16-19-74)40(11-5-17-72)28-41-13-14-46-61(58(41)47)59(50)51-31-55(82-69(60)62)53(76)12-6-20-84-87-70(46)65(51)79/h3-4,7-10,13-14,22,24,29-30,32,35,39-40,45,51,53,55,57,63,65,70-74,76-79,81H,5-6,11-12,15-21,23,25-28,31,33-34H2,1-2H3/t39-,40+,45-,51-,53+,55-,57+,63-,65+,70+/m1/s1. The highest BCUT2D eigenvalue weighted by molar-refractivity contribution is 8.77. The molecule has 2 aliphatic carbocycles. The Morgan fingerprint density at radius 3 is 2.47 bits per heavy atom. The number of phenolic OH excluding ortho intramolecular Hbond substituents is 2. The molecule has 0 radical (unpaired) electrons. The van der Waals surface area contributed by atoms with Crippen molar-refractivity contribution in [2.45, 2.75) is 150 Å². The number of hydrogen-bond acceptors (Lipinski definition) is 17. The van der Waals surface area contributed by atoms with Crippen molar-refractivity contribution in [3.63, 3.8) is 0 Å². The van der Waals surface area contributed by atoms with Crippen LogP contribution in [0.2, 0.25) is 0 Å². The fourth-order valence-corrected chi connectivity index (χ4v) is 21.4. The Hall–Kier alpha value is -5.18. The summed E-state index contributed by atoms with van der Waals surface area (Å²) in [5.74, 6) is 0.0362. The minimum absolute atomic E-state index is 0.00937. The smallest absolute Gasteiger partial charge is 0.238 e. The molecule has 13 nitrogen and oxygen atoms in total. The normalized spacial score (nSPS) is 25.0. The number of fused-ring (bicyclic) bond motifs is 12. The molecule has 0 unspecified atom stereocenters. The summed E-state index contributed by atoms with van der Waals surface area (Å²) in [7, 11) is 6.76. The number of benzene rings is 6. The van der Waals surface area contributed by atoms with E-state index >= 15 is 4.79 Å². The van der Waals surface area contributed by atoms with Crippen LogP contribution in [0.15, 0.2) is 88.1 Å². The van der Waals surface area contributed by atoms with Gasteiger partial charge >= 0.3 is 0 Å². The van der Waals surface area contributed by atoms with Gasteiger partial charge in [-0.25, -0.2) is 0 Å². The SMILES string of the molecule is CC(C)Cc1cc(-c2oc3cc(O)c4c(c3c(=O)c2O)O[C@@H]2C[C@@H]3c5c-4cc4c6c(ccc(c56)[C@H](SSCCC[C@@H]2O)[C@H]3O)C[C@H](CCCO)[C@H]4CCO)c2c(c1O)Cc1cccc(c1)[C@H]1NC[C@H](Cc3cccc(CC(=O)CCO)c3)C[C@@H]1SSC2. The van der Waals surface area contributed by atoms with E-state index in [1.807, 2.05) is 18.2 Å². The number of phenols is 2. The Kier molecular flexibility index (Phi) is 17.9. The van der Waals surface area contributed by atoms with Gasteiger partial charge in [0.05, 0.1) is 23.0 Å². The van der Waals surface area contributed by atoms with Crippen molar-refractivity contribution in [2.75, 3.05) is 32.1 Å². The van der Waals surface area contributed by atoms with Crippen molar-refractivity contribution in [2.24, 2.45) is 17.8 Å². The predicted molar refractivity (Wildman–Crippen MR) is 350 cm³/mol. The summed E-state index contributed by atoms with van der Waals surface area (Å²) >= 11 is 0. The third-order valence-corrected chi connectivity index (χ3v) is 25.0. The maximum absolute atomic E-state index is 15.7. The molecular weight excluding hydrogens is 1180 g/mol. The van der Waals surface area contributed by atoms with Crippen molar-refractivity contribution in [1.29, 1.82) is 0 Å². The van der Waals surface area contributed by atoms with Gasteiger partial charge < -0.3 is 55.3 Å². The van der Waals surface area contributed by atoms with E-state index in [1.165, 1.54) is 6.07 Å². The van der Waals surface area contributed by atoms with E-state index in [4.69, 9.17) is 9.15 Å². The fourth-order valence-electron chi connectivity index (χ4n) is 15.5. The molecule has 13 rings (SSSR count). The zero-order chi connectivity index (χ0) is 60.4. The number of carbonyl (C=O) groups excluding carboxylic acids is 1. The lowest BCUT2D eigenvalue weighted by molar-refractivity contribution is -0.119. The average molecular weight is 1250 g/mol. The molecule has 7 aromatic rings. The van der Waals surface area contributed by atoms with Crippen LogP contribution < -0.4 is 15.5 Å². The van der Waals surface area contributed by atoms with Crippen LogP contribution in [0.5, 0.6) is 23.0 Å². The van der Waals surface area contributed by atoms with Crippen molar-refractivity contribution in [3.05, 3.63) is 150 Å². The van der Waals surface area contributed by atoms with Crippen molar-refractivity contribution in [1.82, 2.24) is 5.32 Å². The Balaban J connectivity index is 0.956. The lowest BCUT2D eigenvalue weighted by Crippen LogP contribution is -2.41. The lowest BCUT2D eigenvalue weighted by atomic mass is 9.65. The number of Topliss-reactive ketones (excluding diaryl/α,β-unsaturated/α-hetero) is 1. The van der Waals surface area contributed by atoms with Gasteiger partial charge in [-0.1, -0.05) is 118 Å². The van der Waals surface area contributed by atoms with Crippen LogP contribution in [0, 0.1) is 17.8 Å². The van der Waals surface area contributed by atoms with Crippen molar-refractivity contribution < 1.29 is 54.8 Å². The fraction of sp³-hybridized carbons (Fsp3) is 0.457. The van der Waals surface area contributed by atoms with E-state index in [0.29, 0.717) is 83.8 Å². The summed E-state index contributed by atoms with van der Waals surface area (Å²) in [5.41, 5.74) is 10.5. The van der Waals surface area contributed by atoms with E-state index in [1.54, 1.807) is 43.2 Å². The number of carbonyl (C=O) groups is 1. The number of aliphatic hydroxyl groups is 5. The third-order valence-electron chi connectivity index (χ3n) is 19.4. The number of hydrogen-bond donors (Lipinski definition) is 9. The Labute approximate surface area is 522 Å². The van der Waals surface area contributed by atoms with Crippen molar-refractivity contribution in [3.8, 4) is 45.4 Å². The van der Waals surface area contributed by atoms with Gasteiger partial charge in [0.1, 0.15) is 40.1 Å². The molecule has 6 aromatic carbocycles. The highest BCUT2D eigenvalue weighted by Gasteiger charge is 2.47. The topological polar surface area (TPSA) is 230 Å². The number of ketones is 1. The first-order valence-electron chi connectivity index (χ1n) is 31.1. The molecule has 0 amide bonds. The van der Waals surface area contributed by atoms with E-state index in [0.717, 1.165) is 87.5 Å². The summed E-state index contributed by atoms with van der Waals surface area (Å²) < 4.78 is 14.0. The van der Waals surface area contributed by atoms with Gasteiger partial charge in [0.15, 0.2) is 5.76 Å². The number of nitrogens with one attached hydrogen (secondary N) is 1. The quantitative estimate of drug-likeness (QED) is 0.0461. The van der Waals surface area contributed by atoms with E-state index in [9.17, 15) is 45.6 Å². The summed E-state index contributed by atoms with van der Waals surface area (Å²) in [6, 6.07) is 26.4. The highest BCUT2D eigenvalue weighted by atomic mass is 33.1. The largest absolute Gasteiger partial charge is 0.507 e. The monoisotopic (exact) mass is 1250 g/mol. The molecule has 2 saturated heterocycles. The van der Waals surface area contributed by atoms with Crippen LogP contribution in [0.1, 0.15) is 150 Å². The Morgan fingerprint density at radius 1 is 0.816 bits per heavy atom. The first kappa shape index (κ1) is 60.7. The van der Waals surface area contributed by atoms with Gasteiger partial charge in [-0.05, 0) is 179 Å². The third kappa shape index (κ3) is 11.5. The maximum Gasteiger partial charge on any atom is 0.238 e. The Bertz CT molecular complexity index is 3850. The van der Waals surface area contributed by atoms with Gasteiger partial charge in [-0.2, -0.15) is 0 Å². The summed E-state index contributed by atoms with van der Waals surface area (Å²) in [6.45, 7) is 4.77. The molecular formula is C70H77NO12S4. The molecule has 4 aliphatic heterocycles. The second kappa shape index (κ2) is 25.6. The number of rotatable bonds is 14. The van der Waals surface area contributed by atoms with Gasteiger partial charge in [0.2, 0.25) is 11.2 Å². The molecule has 9 N–H and O–H groups in total. The minimum atomic E-state index is -1.03. The minimum Gasteiger partial charge on any atom is -0.507 e. The van der Waals surface area contributed by atoms with Crippen LogP contribution in [0.25, 0.3) is 44.2 Å².